The Hall–Kier alpha value is -3.68. The Morgan fingerprint density at radius 2 is 1.87 bits per heavy atom. The molecule has 4 N–H and O–H groups in total. The minimum atomic E-state index is -0.239. The van der Waals surface area contributed by atoms with E-state index in [0.29, 0.717) is 23.3 Å². The van der Waals surface area contributed by atoms with E-state index in [0.717, 1.165) is 36.8 Å². The Bertz CT molecular complexity index is 1240. The molecule has 0 radical (unpaired) electrons. The first-order chi connectivity index (χ1) is 15.0. The van der Waals surface area contributed by atoms with Crippen molar-refractivity contribution < 1.29 is 14.7 Å². The van der Waals surface area contributed by atoms with Crippen molar-refractivity contribution in [2.24, 2.45) is 5.41 Å². The number of aromatic amines is 1. The molecule has 0 aliphatic heterocycles. The van der Waals surface area contributed by atoms with Gasteiger partial charge in [0.1, 0.15) is 5.75 Å². The fourth-order valence-corrected chi connectivity index (χ4v) is 5.17. The molecule has 0 bridgehead atoms. The van der Waals surface area contributed by atoms with E-state index in [1.54, 1.807) is 6.07 Å². The van der Waals surface area contributed by atoms with Gasteiger partial charge in [0.05, 0.1) is 16.8 Å². The number of amides is 2. The molecule has 0 saturated heterocycles. The maximum absolute atomic E-state index is 12.5. The van der Waals surface area contributed by atoms with E-state index in [1.165, 1.54) is 12.1 Å². The molecule has 3 aromatic rings. The van der Waals surface area contributed by atoms with Crippen LogP contribution in [0.3, 0.4) is 0 Å². The van der Waals surface area contributed by atoms with Crippen LogP contribution < -0.4 is 16.2 Å². The molecule has 2 aliphatic carbocycles. The molecule has 2 aliphatic rings. The minimum Gasteiger partial charge on any atom is -0.506 e. The molecule has 31 heavy (non-hydrogen) atoms. The number of anilines is 1. The van der Waals surface area contributed by atoms with Crippen LogP contribution in [-0.2, 0) is 4.79 Å². The van der Waals surface area contributed by atoms with Gasteiger partial charge in [-0.05, 0) is 55.4 Å². The summed E-state index contributed by atoms with van der Waals surface area (Å²) in [6.07, 6.45) is 4.28. The highest BCUT2D eigenvalue weighted by atomic mass is 16.3. The van der Waals surface area contributed by atoms with Gasteiger partial charge in [-0.25, -0.2) is 5.10 Å². The number of hydrogen-bond acceptors (Lipinski definition) is 5. The lowest BCUT2D eigenvalue weighted by Gasteiger charge is -2.57. The second kappa shape index (κ2) is 7.23. The molecule has 1 heterocycles. The van der Waals surface area contributed by atoms with Crippen LogP contribution in [0.25, 0.3) is 10.8 Å². The topological polar surface area (TPSA) is 124 Å². The largest absolute Gasteiger partial charge is 0.506 e. The van der Waals surface area contributed by atoms with Crippen LogP contribution in [-0.4, -0.2) is 33.7 Å². The third-order valence-corrected chi connectivity index (χ3v) is 6.64. The molecule has 0 unspecified atom stereocenters. The predicted molar refractivity (Wildman–Crippen MR) is 115 cm³/mol. The number of aromatic nitrogens is 2. The third-order valence-electron chi connectivity index (χ3n) is 6.64. The number of H-pyrrole nitrogens is 1. The van der Waals surface area contributed by atoms with Crippen molar-refractivity contribution in [2.75, 3.05) is 5.32 Å². The van der Waals surface area contributed by atoms with Crippen LogP contribution in [0.2, 0.25) is 0 Å². The molecule has 8 heteroatoms. The van der Waals surface area contributed by atoms with Gasteiger partial charge in [-0.3, -0.25) is 14.4 Å². The summed E-state index contributed by atoms with van der Waals surface area (Å²) < 4.78 is 0. The number of rotatable bonds is 5. The Morgan fingerprint density at radius 3 is 2.58 bits per heavy atom. The number of fused-ring (bicyclic) bond motifs is 1. The molecule has 2 saturated carbocycles. The standard InChI is InChI=1S/C23H22N4O4/c28-12-24-18-6-5-13(7-19(18)29)21(30)25-15-10-23(11-15)8-14(9-23)20-16-3-1-2-4-17(16)22(31)27-26-20/h1-7,12,14-15,29H,8-11H2,(H,24,28)(H,25,30)(H,27,31)/t14-,15-,23?. The van der Waals surface area contributed by atoms with Gasteiger partial charge in [0.15, 0.2) is 0 Å². The number of phenols is 1. The van der Waals surface area contributed by atoms with Gasteiger partial charge in [-0.15, -0.1) is 0 Å². The lowest BCUT2D eigenvalue weighted by Crippen LogP contribution is -2.55. The summed E-state index contributed by atoms with van der Waals surface area (Å²) >= 11 is 0. The average Bonchev–Trinajstić information content (AvgIpc) is 2.71. The van der Waals surface area contributed by atoms with E-state index < -0.39 is 0 Å². The number of nitrogens with zero attached hydrogens (tertiary/aromatic N) is 1. The first kappa shape index (κ1) is 19.3. The van der Waals surface area contributed by atoms with Crippen LogP contribution in [0.4, 0.5) is 5.69 Å². The highest BCUT2D eigenvalue weighted by Crippen LogP contribution is 2.62. The molecule has 2 aromatic carbocycles. The van der Waals surface area contributed by atoms with E-state index in [1.807, 2.05) is 24.3 Å². The first-order valence-corrected chi connectivity index (χ1v) is 10.3. The highest BCUT2D eigenvalue weighted by molar-refractivity contribution is 5.96. The zero-order chi connectivity index (χ0) is 21.6. The summed E-state index contributed by atoms with van der Waals surface area (Å²) in [6.45, 7) is 0. The smallest absolute Gasteiger partial charge is 0.272 e. The van der Waals surface area contributed by atoms with Crippen LogP contribution in [0.1, 0.15) is 47.7 Å². The molecule has 158 valence electrons. The van der Waals surface area contributed by atoms with Crippen molar-refractivity contribution >= 4 is 28.8 Å². The number of aromatic hydroxyl groups is 1. The fraction of sp³-hybridized carbons (Fsp3) is 0.304. The van der Waals surface area contributed by atoms with E-state index >= 15 is 0 Å². The van der Waals surface area contributed by atoms with E-state index in [2.05, 4.69) is 20.8 Å². The first-order valence-electron chi connectivity index (χ1n) is 10.3. The molecule has 2 fully saturated rings. The van der Waals surface area contributed by atoms with Crippen LogP contribution in [0.5, 0.6) is 5.75 Å². The summed E-state index contributed by atoms with van der Waals surface area (Å²) in [5.41, 5.74) is 1.62. The third kappa shape index (κ3) is 3.34. The quantitative estimate of drug-likeness (QED) is 0.375. The molecule has 0 atom stereocenters. The summed E-state index contributed by atoms with van der Waals surface area (Å²) in [6, 6.07) is 12.1. The Balaban J connectivity index is 1.20. The summed E-state index contributed by atoms with van der Waals surface area (Å²) in [5.74, 6) is -0.0718. The van der Waals surface area contributed by atoms with Gasteiger partial charge in [0, 0.05) is 22.9 Å². The lowest BCUT2D eigenvalue weighted by atomic mass is 9.49. The van der Waals surface area contributed by atoms with Crippen molar-refractivity contribution in [3.05, 3.63) is 64.1 Å². The number of carbonyl (C=O) groups is 2. The van der Waals surface area contributed by atoms with Crippen LogP contribution >= 0.6 is 0 Å². The molecule has 2 amide bonds. The van der Waals surface area contributed by atoms with Gasteiger partial charge in [0.25, 0.3) is 11.5 Å². The Labute approximate surface area is 177 Å². The molecule has 1 spiro atoms. The second-order valence-corrected chi connectivity index (χ2v) is 8.66. The van der Waals surface area contributed by atoms with Crippen molar-refractivity contribution in [3.63, 3.8) is 0 Å². The van der Waals surface area contributed by atoms with Crippen molar-refractivity contribution in [3.8, 4) is 5.75 Å². The van der Waals surface area contributed by atoms with E-state index in [4.69, 9.17) is 0 Å². The number of hydrogen-bond donors (Lipinski definition) is 4. The fourth-order valence-electron chi connectivity index (χ4n) is 5.17. The summed E-state index contributed by atoms with van der Waals surface area (Å²) in [5, 5.41) is 23.8. The number of phenolic OH excluding ortho intramolecular Hbond substituents is 1. The molecule has 1 aromatic heterocycles. The van der Waals surface area contributed by atoms with Gasteiger partial charge in [0.2, 0.25) is 6.41 Å². The van der Waals surface area contributed by atoms with Crippen molar-refractivity contribution in [1.29, 1.82) is 0 Å². The second-order valence-electron chi connectivity index (χ2n) is 8.66. The maximum Gasteiger partial charge on any atom is 0.272 e. The molecule has 5 rings (SSSR count). The minimum absolute atomic E-state index is 0.101. The summed E-state index contributed by atoms with van der Waals surface area (Å²) in [4.78, 5) is 35.0. The number of nitrogens with one attached hydrogen (secondary N) is 3. The number of carbonyl (C=O) groups excluding carboxylic acids is 2. The number of benzene rings is 2. The predicted octanol–water partition coefficient (Wildman–Crippen LogP) is 2.65. The molecular weight excluding hydrogens is 396 g/mol. The molecule has 8 nitrogen and oxygen atoms in total. The van der Waals surface area contributed by atoms with Gasteiger partial charge in [-0.2, -0.15) is 5.10 Å². The van der Waals surface area contributed by atoms with Crippen molar-refractivity contribution in [2.45, 2.75) is 37.6 Å². The monoisotopic (exact) mass is 418 g/mol. The normalized spacial score (nSPS) is 24.3. The Kier molecular flexibility index (Phi) is 4.50. The lowest BCUT2D eigenvalue weighted by molar-refractivity contribution is -0.105. The van der Waals surface area contributed by atoms with E-state index in [-0.39, 0.29) is 34.4 Å². The highest BCUT2D eigenvalue weighted by Gasteiger charge is 2.54. The van der Waals surface area contributed by atoms with Crippen LogP contribution in [0, 0.1) is 5.41 Å². The van der Waals surface area contributed by atoms with Gasteiger partial charge in [-0.1, -0.05) is 18.2 Å². The maximum atomic E-state index is 12.5. The van der Waals surface area contributed by atoms with Gasteiger partial charge >= 0.3 is 0 Å². The molecular formula is C23H22N4O4. The summed E-state index contributed by atoms with van der Waals surface area (Å²) in [7, 11) is 0. The zero-order valence-electron chi connectivity index (χ0n) is 16.7. The van der Waals surface area contributed by atoms with Crippen LogP contribution in [0.15, 0.2) is 47.3 Å². The van der Waals surface area contributed by atoms with E-state index in [9.17, 15) is 19.5 Å². The average molecular weight is 418 g/mol. The Morgan fingerprint density at radius 1 is 1.13 bits per heavy atom. The van der Waals surface area contributed by atoms with Crippen molar-refractivity contribution in [1.82, 2.24) is 15.5 Å². The van der Waals surface area contributed by atoms with Gasteiger partial charge < -0.3 is 15.7 Å². The SMILES string of the molecule is O=CNc1ccc(C(=O)N[C@H]2CC3(C2)C[C@H](c2n[nH]c(=O)c4ccccc42)C3)cc1O. The zero-order valence-corrected chi connectivity index (χ0v) is 16.7.